The second kappa shape index (κ2) is 11.0. The maximum atomic E-state index is 13.9. The van der Waals surface area contributed by atoms with E-state index in [-0.39, 0.29) is 22.8 Å². The summed E-state index contributed by atoms with van der Waals surface area (Å²) >= 11 is 0. The van der Waals surface area contributed by atoms with E-state index in [2.05, 4.69) is 14.8 Å². The van der Waals surface area contributed by atoms with Gasteiger partial charge in [-0.25, -0.2) is 22.9 Å². The fraction of sp³-hybridized carbons (Fsp3) is 0.138. The van der Waals surface area contributed by atoms with Crippen molar-refractivity contribution in [3.8, 4) is 11.4 Å². The maximum Gasteiger partial charge on any atom is 0.341 e. The first-order valence-corrected chi connectivity index (χ1v) is 13.7. The van der Waals surface area contributed by atoms with E-state index in [1.165, 1.54) is 25.6 Å². The quantitative estimate of drug-likeness (QED) is 0.261. The van der Waals surface area contributed by atoms with Gasteiger partial charge in [-0.2, -0.15) is 5.10 Å². The molecule has 1 N–H and O–H groups in total. The van der Waals surface area contributed by atoms with Gasteiger partial charge in [-0.15, -0.1) is 0 Å². The van der Waals surface area contributed by atoms with Crippen LogP contribution < -0.4 is 9.46 Å². The summed E-state index contributed by atoms with van der Waals surface area (Å²) in [6, 6.07) is 23.6. The monoisotopic (exact) mass is 542 g/mol. The maximum absolute atomic E-state index is 13.9. The van der Waals surface area contributed by atoms with Crippen molar-refractivity contribution >= 4 is 32.7 Å². The highest BCUT2D eigenvalue weighted by Crippen LogP contribution is 2.32. The van der Waals surface area contributed by atoms with E-state index in [9.17, 15) is 13.2 Å². The zero-order valence-electron chi connectivity index (χ0n) is 21.4. The van der Waals surface area contributed by atoms with Gasteiger partial charge in [0.2, 0.25) is 0 Å². The van der Waals surface area contributed by atoms with Gasteiger partial charge in [-0.05, 0) is 54.8 Å². The fourth-order valence-corrected chi connectivity index (χ4v) is 5.62. The molecule has 0 aliphatic heterocycles. The Morgan fingerprint density at radius 3 is 2.38 bits per heavy atom. The molecule has 2 heterocycles. The molecule has 198 valence electrons. The summed E-state index contributed by atoms with van der Waals surface area (Å²) in [5, 5.41) is 4.78. The van der Waals surface area contributed by atoms with Crippen molar-refractivity contribution in [2.45, 2.75) is 18.2 Å². The Balaban J connectivity index is 1.63. The van der Waals surface area contributed by atoms with Crippen molar-refractivity contribution < 1.29 is 22.7 Å². The summed E-state index contributed by atoms with van der Waals surface area (Å²) in [5.74, 6) is -0.168. The minimum atomic E-state index is -4.19. The Hall–Kier alpha value is -4.70. The number of nitrogens with zero attached hydrogens (tertiary/aromatic N) is 3. The number of pyridine rings is 1. The number of methoxy groups -OCH3 is 1. The van der Waals surface area contributed by atoms with Crippen LogP contribution in [0.3, 0.4) is 0 Å². The lowest BCUT2D eigenvalue weighted by Crippen LogP contribution is -2.19. The molecular formula is C29H26N4O5S. The van der Waals surface area contributed by atoms with Crippen molar-refractivity contribution in [1.82, 2.24) is 14.8 Å². The van der Waals surface area contributed by atoms with Gasteiger partial charge >= 0.3 is 5.97 Å². The van der Waals surface area contributed by atoms with Crippen molar-refractivity contribution in [2.24, 2.45) is 0 Å². The number of aromatic nitrogens is 3. The van der Waals surface area contributed by atoms with Crippen molar-refractivity contribution in [3.05, 3.63) is 108 Å². The minimum absolute atomic E-state index is 0.0151. The van der Waals surface area contributed by atoms with Crippen molar-refractivity contribution in [2.75, 3.05) is 18.4 Å². The molecule has 0 bridgehead atoms. The van der Waals surface area contributed by atoms with Gasteiger partial charge in [0.1, 0.15) is 11.3 Å². The highest BCUT2D eigenvalue weighted by molar-refractivity contribution is 7.92. The number of hydrogen-bond donors (Lipinski definition) is 1. The summed E-state index contributed by atoms with van der Waals surface area (Å²) in [5.41, 5.74) is 2.62. The number of carbonyl (C=O) groups is 1. The van der Waals surface area contributed by atoms with E-state index in [1.54, 1.807) is 23.7 Å². The van der Waals surface area contributed by atoms with Crippen LogP contribution in [0.25, 0.3) is 16.7 Å². The number of para-hydroxylation sites is 1. The molecule has 0 radical (unpaired) electrons. The average Bonchev–Trinajstić information content (AvgIpc) is 3.39. The van der Waals surface area contributed by atoms with E-state index >= 15 is 0 Å². The van der Waals surface area contributed by atoms with Gasteiger partial charge in [-0.1, -0.05) is 48.5 Å². The van der Waals surface area contributed by atoms with E-state index in [0.717, 1.165) is 11.3 Å². The van der Waals surface area contributed by atoms with Gasteiger partial charge in [0.05, 0.1) is 41.6 Å². The Bertz CT molecular complexity index is 1740. The largest absolute Gasteiger partial charge is 0.497 e. The summed E-state index contributed by atoms with van der Waals surface area (Å²) < 4.78 is 42.6. The summed E-state index contributed by atoms with van der Waals surface area (Å²) in [6.45, 7) is 1.79. The number of anilines is 1. The number of ether oxygens (including phenoxy) is 2. The molecule has 0 unspecified atom stereocenters. The molecule has 2 aromatic heterocycles. The first-order valence-electron chi connectivity index (χ1n) is 12.2. The zero-order valence-corrected chi connectivity index (χ0v) is 22.2. The van der Waals surface area contributed by atoms with Gasteiger partial charge in [0.25, 0.3) is 10.0 Å². The van der Waals surface area contributed by atoms with Crippen molar-refractivity contribution in [3.63, 3.8) is 0 Å². The highest BCUT2D eigenvalue weighted by atomic mass is 32.2. The Labute approximate surface area is 226 Å². The van der Waals surface area contributed by atoms with Crippen LogP contribution in [-0.2, 0) is 21.2 Å². The minimum Gasteiger partial charge on any atom is -0.497 e. The number of hydrogen-bond acceptors (Lipinski definition) is 7. The van der Waals surface area contributed by atoms with Crippen LogP contribution >= 0.6 is 0 Å². The normalized spacial score (nSPS) is 11.3. The van der Waals surface area contributed by atoms with Crippen LogP contribution in [0.2, 0.25) is 0 Å². The Morgan fingerprint density at radius 2 is 1.69 bits per heavy atom. The highest BCUT2D eigenvalue weighted by Gasteiger charge is 2.26. The number of benzene rings is 3. The van der Waals surface area contributed by atoms with E-state index in [1.807, 2.05) is 60.7 Å². The molecule has 0 spiro atoms. The van der Waals surface area contributed by atoms with Crippen LogP contribution in [-0.4, -0.2) is 42.9 Å². The fourth-order valence-electron chi connectivity index (χ4n) is 4.30. The van der Waals surface area contributed by atoms with Crippen LogP contribution in [0, 0.1) is 0 Å². The zero-order chi connectivity index (χ0) is 27.4. The molecule has 10 heteroatoms. The van der Waals surface area contributed by atoms with Crippen molar-refractivity contribution in [1.29, 1.82) is 0 Å². The van der Waals surface area contributed by atoms with Crippen LogP contribution in [0.1, 0.15) is 28.4 Å². The molecule has 0 saturated heterocycles. The summed E-state index contributed by atoms with van der Waals surface area (Å²) in [7, 11) is -2.66. The lowest BCUT2D eigenvalue weighted by Gasteiger charge is -2.16. The predicted molar refractivity (Wildman–Crippen MR) is 148 cm³/mol. The second-order valence-electron chi connectivity index (χ2n) is 8.64. The molecular weight excluding hydrogens is 516 g/mol. The third-order valence-corrected chi connectivity index (χ3v) is 7.58. The number of esters is 1. The lowest BCUT2D eigenvalue weighted by atomic mass is 10.0. The number of rotatable bonds is 9. The van der Waals surface area contributed by atoms with Gasteiger partial charge < -0.3 is 9.47 Å². The molecule has 0 saturated carbocycles. The van der Waals surface area contributed by atoms with E-state index in [0.29, 0.717) is 28.8 Å². The van der Waals surface area contributed by atoms with Crippen LogP contribution in [0.15, 0.2) is 96.2 Å². The third kappa shape index (κ3) is 5.32. The third-order valence-electron chi connectivity index (χ3n) is 6.13. The standard InChI is InChI=1S/C29H26N4O5S/c1-3-38-29(34)25-18-30-28-24(19-31-33(28)22-12-8-5-9-13-22)27(25)32-39(35,36)26-15-14-23(37-2)17-21(26)16-20-10-6-4-7-11-20/h4-15,17-19H,3,16H2,1-2H3,(H,30,32). The summed E-state index contributed by atoms with van der Waals surface area (Å²) in [6.07, 6.45) is 3.14. The van der Waals surface area contributed by atoms with Gasteiger partial charge in [0.15, 0.2) is 5.65 Å². The predicted octanol–water partition coefficient (Wildman–Crippen LogP) is 5.00. The molecule has 0 amide bonds. The van der Waals surface area contributed by atoms with Gasteiger partial charge in [0, 0.05) is 6.20 Å². The molecule has 0 fully saturated rings. The number of fused-ring (bicyclic) bond motifs is 1. The van der Waals surface area contributed by atoms with Crippen LogP contribution in [0.5, 0.6) is 5.75 Å². The Morgan fingerprint density at radius 1 is 0.974 bits per heavy atom. The molecule has 5 rings (SSSR count). The second-order valence-corrected chi connectivity index (χ2v) is 10.3. The Kier molecular flexibility index (Phi) is 7.29. The molecule has 0 aliphatic carbocycles. The SMILES string of the molecule is CCOC(=O)c1cnc2c(cnn2-c2ccccc2)c1NS(=O)(=O)c1ccc(OC)cc1Cc1ccccc1. The van der Waals surface area contributed by atoms with E-state index < -0.39 is 16.0 Å². The first kappa shape index (κ1) is 25.9. The molecule has 9 nitrogen and oxygen atoms in total. The molecule has 39 heavy (non-hydrogen) atoms. The smallest absolute Gasteiger partial charge is 0.341 e. The summed E-state index contributed by atoms with van der Waals surface area (Å²) in [4.78, 5) is 17.3. The van der Waals surface area contributed by atoms with E-state index in [4.69, 9.17) is 9.47 Å². The number of nitrogens with one attached hydrogen (secondary N) is 1. The molecule has 5 aromatic rings. The topological polar surface area (TPSA) is 112 Å². The molecule has 3 aromatic carbocycles. The first-order chi connectivity index (χ1) is 18.9. The molecule has 0 aliphatic rings. The number of sulfonamides is 1. The van der Waals surface area contributed by atoms with Gasteiger partial charge in [-0.3, -0.25) is 4.72 Å². The average molecular weight is 543 g/mol. The molecule has 0 atom stereocenters. The van der Waals surface area contributed by atoms with Crippen LogP contribution in [0.4, 0.5) is 5.69 Å². The number of carbonyl (C=O) groups excluding carboxylic acids is 1. The lowest BCUT2D eigenvalue weighted by molar-refractivity contribution is 0.0527.